The maximum Gasteiger partial charge on any atom is 0.263 e. The predicted molar refractivity (Wildman–Crippen MR) is 275 cm³/mol. The van der Waals surface area contributed by atoms with E-state index in [9.17, 15) is 19.2 Å². The van der Waals surface area contributed by atoms with Gasteiger partial charge in [0.1, 0.15) is 17.1 Å². The minimum absolute atomic E-state index is 0.0605. The maximum absolute atomic E-state index is 13.3. The summed E-state index contributed by atoms with van der Waals surface area (Å²) in [5.74, 6) is 1.25. The second-order valence-corrected chi connectivity index (χ2v) is 16.8. The molecule has 9 rings (SSSR count). The number of likely N-dealkylation sites (N-methyl/N-ethyl adjacent to an activating group) is 1. The van der Waals surface area contributed by atoms with E-state index in [0.717, 1.165) is 113 Å². The molecule has 7 heterocycles. The van der Waals surface area contributed by atoms with Crippen LogP contribution in [0.4, 0.5) is 17.7 Å². The normalized spacial score (nSPS) is 16.1. The number of aromatic nitrogens is 7. The van der Waals surface area contributed by atoms with Crippen molar-refractivity contribution in [2.24, 2.45) is 0 Å². The SMILES string of the molecule is CC.CC.CC.CC.CC(=O)c1c(C)c2cnc(NC3CCNCC3)nc2n(C2CCCC2)c1=O.CC(=O)c1c(C)c2cnc(Nc3ccc4c(n3)CCN(C)C4)nc2n(C2CCCC2)c1=O. The molecule has 5 aromatic rings. The van der Waals surface area contributed by atoms with Gasteiger partial charge in [0, 0.05) is 66.5 Å². The second-order valence-electron chi connectivity index (χ2n) is 16.8. The molecule has 0 radical (unpaired) electrons. The Morgan fingerprint density at radius 3 is 1.60 bits per heavy atom. The van der Waals surface area contributed by atoms with Crippen LogP contribution in [0.25, 0.3) is 22.1 Å². The number of nitrogens with one attached hydrogen (secondary N) is 3. The van der Waals surface area contributed by atoms with Crippen LogP contribution in [0.1, 0.15) is 189 Å². The van der Waals surface area contributed by atoms with Crippen molar-refractivity contribution in [3.63, 3.8) is 0 Å². The summed E-state index contributed by atoms with van der Waals surface area (Å²) < 4.78 is 3.50. The monoisotopic (exact) mass is 922 g/mol. The summed E-state index contributed by atoms with van der Waals surface area (Å²) in [4.78, 5) is 76.5. The minimum Gasteiger partial charge on any atom is -0.351 e. The highest BCUT2D eigenvalue weighted by atomic mass is 16.2. The highest BCUT2D eigenvalue weighted by Gasteiger charge is 2.28. The van der Waals surface area contributed by atoms with E-state index in [1.165, 1.54) is 19.4 Å². The molecule has 0 amide bonds. The molecule has 2 saturated carbocycles. The van der Waals surface area contributed by atoms with Gasteiger partial charge in [-0.25, -0.2) is 15.0 Å². The number of carbonyl (C=O) groups excluding carboxylic acids is 2. The molecule has 3 N–H and O–H groups in total. The topological polar surface area (TPSA) is 182 Å². The first-order chi connectivity index (χ1) is 32.5. The third kappa shape index (κ3) is 12.6. The van der Waals surface area contributed by atoms with E-state index in [2.05, 4.69) is 43.9 Å². The summed E-state index contributed by atoms with van der Waals surface area (Å²) in [6.07, 6.45) is 14.5. The van der Waals surface area contributed by atoms with Crippen LogP contribution in [-0.2, 0) is 13.0 Å². The minimum atomic E-state index is -0.241. The van der Waals surface area contributed by atoms with Crippen molar-refractivity contribution in [3.05, 3.63) is 78.7 Å². The van der Waals surface area contributed by atoms with Crippen molar-refractivity contribution in [2.75, 3.05) is 37.3 Å². The van der Waals surface area contributed by atoms with E-state index in [0.29, 0.717) is 46.2 Å². The fourth-order valence-electron chi connectivity index (χ4n) is 9.52. The molecular weight excluding hydrogens is 843 g/mol. The summed E-state index contributed by atoms with van der Waals surface area (Å²) in [5, 5.41) is 11.5. The molecule has 15 nitrogen and oxygen atoms in total. The van der Waals surface area contributed by atoms with Crippen molar-refractivity contribution < 1.29 is 9.59 Å². The Morgan fingerprint density at radius 2 is 1.12 bits per heavy atom. The largest absolute Gasteiger partial charge is 0.351 e. The first-order valence-electron chi connectivity index (χ1n) is 25.3. The van der Waals surface area contributed by atoms with Gasteiger partial charge in [0.05, 0.1) is 11.1 Å². The van der Waals surface area contributed by atoms with E-state index in [-0.39, 0.29) is 45.9 Å². The van der Waals surface area contributed by atoms with Crippen LogP contribution in [0, 0.1) is 13.8 Å². The average molecular weight is 922 g/mol. The Balaban J connectivity index is 0.000000258. The zero-order valence-electron chi connectivity index (χ0n) is 42.9. The van der Waals surface area contributed by atoms with Crippen LogP contribution in [-0.4, -0.2) is 83.2 Å². The summed E-state index contributed by atoms with van der Waals surface area (Å²) in [6, 6.07) is 4.55. The number of hydrogen-bond donors (Lipinski definition) is 3. The van der Waals surface area contributed by atoms with E-state index >= 15 is 0 Å². The van der Waals surface area contributed by atoms with Gasteiger partial charge in [0.15, 0.2) is 11.6 Å². The smallest absolute Gasteiger partial charge is 0.263 e. The van der Waals surface area contributed by atoms with E-state index in [1.54, 1.807) is 28.5 Å². The highest BCUT2D eigenvalue weighted by molar-refractivity contribution is 6.00. The predicted octanol–water partition coefficient (Wildman–Crippen LogP) is 10.2. The van der Waals surface area contributed by atoms with Crippen LogP contribution >= 0.6 is 0 Å². The van der Waals surface area contributed by atoms with Gasteiger partial charge in [0.2, 0.25) is 11.9 Å². The molecule has 366 valence electrons. The molecule has 0 aromatic carbocycles. The maximum atomic E-state index is 13.3. The van der Waals surface area contributed by atoms with Crippen LogP contribution in [0.15, 0.2) is 34.1 Å². The van der Waals surface area contributed by atoms with Gasteiger partial charge in [-0.3, -0.25) is 28.3 Å². The van der Waals surface area contributed by atoms with Gasteiger partial charge in [-0.05, 0) is 109 Å². The Kier molecular flexibility index (Phi) is 21.2. The lowest BCUT2D eigenvalue weighted by Crippen LogP contribution is -2.36. The second kappa shape index (κ2) is 26.2. The van der Waals surface area contributed by atoms with Gasteiger partial charge in [-0.15, -0.1) is 0 Å². The average Bonchev–Trinajstić information content (AvgIpc) is 4.08. The number of anilines is 3. The number of fused-ring (bicyclic) bond motifs is 3. The molecular formula is C52H79N11O4. The highest BCUT2D eigenvalue weighted by Crippen LogP contribution is 2.33. The summed E-state index contributed by atoms with van der Waals surface area (Å²) in [6.45, 7) is 26.4. The van der Waals surface area contributed by atoms with Gasteiger partial charge >= 0.3 is 0 Å². The Morgan fingerprint density at radius 1 is 0.657 bits per heavy atom. The standard InChI is InChI=1S/C24H28N6O2.C20H27N5O2.4C2H6/c1-14-18-12-25-24(27-20-9-8-16-13-29(3)11-10-19(16)26-20)28-22(18)30(17-6-4-5-7-17)23(32)21(14)15(2)31;1-12-16-11-22-20(23-14-7-9-21-10-8-14)24-18(16)25(15-5-3-4-6-15)19(27)17(12)13(2)26;4*1-2/h8-9,12,17H,4-7,10-11,13H2,1-3H3,(H,25,26,27,28);11,14-15,21H,3-10H2,1-2H3,(H,22,23,24);4*1-2H3. The fraction of sp³-hybridized carbons (Fsp3) is 0.596. The van der Waals surface area contributed by atoms with E-state index in [1.807, 2.05) is 68.4 Å². The van der Waals surface area contributed by atoms with E-state index in [4.69, 9.17) is 15.0 Å². The van der Waals surface area contributed by atoms with Crippen LogP contribution < -0.4 is 27.1 Å². The summed E-state index contributed by atoms with van der Waals surface area (Å²) in [5.41, 5.74) is 4.99. The third-order valence-electron chi connectivity index (χ3n) is 12.7. The van der Waals surface area contributed by atoms with Crippen molar-refractivity contribution in [3.8, 4) is 0 Å². The molecule has 67 heavy (non-hydrogen) atoms. The molecule has 0 bridgehead atoms. The number of nitrogens with zero attached hydrogens (tertiary/aromatic N) is 8. The zero-order chi connectivity index (χ0) is 49.4. The molecule has 2 aliphatic heterocycles. The number of pyridine rings is 3. The number of rotatable bonds is 8. The molecule has 1 saturated heterocycles. The lowest BCUT2D eigenvalue weighted by Gasteiger charge is -2.24. The molecule has 3 fully saturated rings. The Bertz CT molecular complexity index is 2550. The molecule has 4 aliphatic rings. The van der Waals surface area contributed by atoms with Gasteiger partial charge in [0.25, 0.3) is 11.1 Å². The lowest BCUT2D eigenvalue weighted by atomic mass is 10.0. The van der Waals surface area contributed by atoms with Gasteiger partial charge in [-0.2, -0.15) is 9.97 Å². The number of carbonyl (C=O) groups is 2. The number of aryl methyl sites for hydroxylation is 2. The summed E-state index contributed by atoms with van der Waals surface area (Å²) >= 11 is 0. The molecule has 15 heteroatoms. The Labute approximate surface area is 398 Å². The lowest BCUT2D eigenvalue weighted by molar-refractivity contribution is 0.100. The van der Waals surface area contributed by atoms with Gasteiger partial charge in [-0.1, -0.05) is 87.1 Å². The van der Waals surface area contributed by atoms with Crippen molar-refractivity contribution in [1.29, 1.82) is 0 Å². The fourth-order valence-corrected chi connectivity index (χ4v) is 9.52. The number of ketones is 2. The van der Waals surface area contributed by atoms with Crippen molar-refractivity contribution in [2.45, 2.75) is 178 Å². The third-order valence-corrected chi connectivity index (χ3v) is 12.7. The first-order valence-corrected chi connectivity index (χ1v) is 25.3. The number of Topliss-reactive ketones (excluding diaryl/α,β-unsaturated/α-hetero) is 2. The van der Waals surface area contributed by atoms with Crippen molar-refractivity contribution >= 4 is 51.3 Å². The number of piperidine rings is 1. The van der Waals surface area contributed by atoms with Crippen LogP contribution in [0.2, 0.25) is 0 Å². The molecule has 0 spiro atoms. The van der Waals surface area contributed by atoms with Crippen LogP contribution in [0.5, 0.6) is 0 Å². The molecule has 0 atom stereocenters. The quantitative estimate of drug-likeness (QED) is 0.125. The summed E-state index contributed by atoms with van der Waals surface area (Å²) in [7, 11) is 2.11. The zero-order valence-corrected chi connectivity index (χ0v) is 42.9. The first kappa shape index (κ1) is 54.2. The van der Waals surface area contributed by atoms with Crippen molar-refractivity contribution in [1.82, 2.24) is 44.3 Å². The van der Waals surface area contributed by atoms with Gasteiger partial charge < -0.3 is 20.9 Å². The van der Waals surface area contributed by atoms with E-state index < -0.39 is 0 Å². The molecule has 5 aromatic heterocycles. The Hall–Kier alpha value is -5.41. The molecule has 0 unspecified atom stereocenters. The molecule has 2 aliphatic carbocycles. The number of hydrogen-bond acceptors (Lipinski definition) is 13. The van der Waals surface area contributed by atoms with Crippen LogP contribution in [0.3, 0.4) is 0 Å².